The summed E-state index contributed by atoms with van der Waals surface area (Å²) >= 11 is 1.68. The zero-order chi connectivity index (χ0) is 12.4. The highest BCUT2D eigenvalue weighted by Crippen LogP contribution is 2.43. The van der Waals surface area contributed by atoms with Crippen LogP contribution in [0, 0.1) is 5.92 Å². The lowest BCUT2D eigenvalue weighted by Gasteiger charge is -2.09. The van der Waals surface area contributed by atoms with Crippen LogP contribution in [0.2, 0.25) is 0 Å². The first-order valence-electron chi connectivity index (χ1n) is 5.95. The molecule has 0 saturated heterocycles. The van der Waals surface area contributed by atoms with Crippen molar-refractivity contribution in [3.8, 4) is 0 Å². The van der Waals surface area contributed by atoms with Gasteiger partial charge in [-0.1, -0.05) is 19.9 Å². The smallest absolute Gasteiger partial charge is 0.354 e. The Morgan fingerprint density at radius 3 is 2.76 bits per heavy atom. The normalized spacial score (nSPS) is 15.2. The summed E-state index contributed by atoms with van der Waals surface area (Å²) in [6.45, 7) is 4.32. The topological polar surface area (TPSA) is 50.2 Å². The summed E-state index contributed by atoms with van der Waals surface area (Å²) in [6.07, 6.45) is 2.42. The molecule has 1 heterocycles. The van der Waals surface area contributed by atoms with Crippen molar-refractivity contribution in [2.75, 3.05) is 5.75 Å². The highest BCUT2D eigenvalue weighted by atomic mass is 32.2. The highest BCUT2D eigenvalue weighted by Gasteiger charge is 2.27. The van der Waals surface area contributed by atoms with Gasteiger partial charge in [0.05, 0.1) is 0 Å². The summed E-state index contributed by atoms with van der Waals surface area (Å²) in [7, 11) is 0. The summed E-state index contributed by atoms with van der Waals surface area (Å²) in [6, 6.07) is 3.56. The molecule has 1 aromatic heterocycles. The number of carbonyl (C=O) groups is 1. The molecule has 1 aromatic rings. The van der Waals surface area contributed by atoms with E-state index in [9.17, 15) is 4.79 Å². The minimum Gasteiger partial charge on any atom is -0.477 e. The van der Waals surface area contributed by atoms with E-state index in [1.807, 2.05) is 6.07 Å². The third-order valence-corrected chi connectivity index (χ3v) is 4.11. The van der Waals surface area contributed by atoms with Crippen molar-refractivity contribution in [1.82, 2.24) is 4.98 Å². The van der Waals surface area contributed by atoms with Gasteiger partial charge >= 0.3 is 5.97 Å². The van der Waals surface area contributed by atoms with Gasteiger partial charge in [0, 0.05) is 5.75 Å². The van der Waals surface area contributed by atoms with Crippen LogP contribution in [0.1, 0.15) is 48.7 Å². The first kappa shape index (κ1) is 12.4. The van der Waals surface area contributed by atoms with Crippen LogP contribution in [-0.4, -0.2) is 21.8 Å². The first-order valence-corrected chi connectivity index (χ1v) is 6.93. The Hall–Kier alpha value is -1.03. The van der Waals surface area contributed by atoms with Gasteiger partial charge in [0.25, 0.3) is 0 Å². The van der Waals surface area contributed by atoms with E-state index >= 15 is 0 Å². The van der Waals surface area contributed by atoms with Crippen molar-refractivity contribution in [3.63, 3.8) is 0 Å². The third-order valence-electron chi connectivity index (χ3n) is 2.68. The predicted molar refractivity (Wildman–Crippen MR) is 68.7 cm³/mol. The van der Waals surface area contributed by atoms with E-state index in [2.05, 4.69) is 18.8 Å². The number of aromatic carboxylic acids is 1. The summed E-state index contributed by atoms with van der Waals surface area (Å²) in [5.41, 5.74) is 1.39. The van der Waals surface area contributed by atoms with Crippen molar-refractivity contribution in [2.24, 2.45) is 5.92 Å². The molecule has 0 bridgehead atoms. The molecule has 0 atom stereocenters. The molecule has 0 spiro atoms. The van der Waals surface area contributed by atoms with Crippen LogP contribution in [0.3, 0.4) is 0 Å². The van der Waals surface area contributed by atoms with E-state index in [1.165, 1.54) is 18.4 Å². The summed E-state index contributed by atoms with van der Waals surface area (Å²) in [5.74, 6) is 1.23. The second-order valence-corrected chi connectivity index (χ2v) is 5.88. The van der Waals surface area contributed by atoms with Crippen LogP contribution in [0.4, 0.5) is 0 Å². The molecular formula is C13H17NO2S. The molecule has 0 amide bonds. The Morgan fingerprint density at radius 2 is 2.24 bits per heavy atom. The lowest BCUT2D eigenvalue weighted by Crippen LogP contribution is -2.03. The number of pyridine rings is 1. The van der Waals surface area contributed by atoms with Crippen molar-refractivity contribution < 1.29 is 9.90 Å². The Balaban J connectivity index is 2.23. The first-order chi connectivity index (χ1) is 8.08. The molecule has 4 heteroatoms. The van der Waals surface area contributed by atoms with Crippen LogP contribution >= 0.6 is 11.8 Å². The minimum absolute atomic E-state index is 0.153. The molecule has 1 aliphatic carbocycles. The molecule has 1 fully saturated rings. The minimum atomic E-state index is -0.946. The van der Waals surface area contributed by atoms with Crippen LogP contribution in [0.15, 0.2) is 17.2 Å². The SMILES string of the molecule is CC(C)CSc1nc(C(=O)O)ccc1C1CC1. The van der Waals surface area contributed by atoms with Crippen molar-refractivity contribution >= 4 is 17.7 Å². The Bertz CT molecular complexity index is 427. The molecule has 0 unspecified atom stereocenters. The van der Waals surface area contributed by atoms with E-state index in [1.54, 1.807) is 17.8 Å². The van der Waals surface area contributed by atoms with Gasteiger partial charge in [0.2, 0.25) is 0 Å². The van der Waals surface area contributed by atoms with Crippen molar-refractivity contribution in [3.05, 3.63) is 23.4 Å². The molecule has 1 N–H and O–H groups in total. The number of rotatable bonds is 5. The largest absolute Gasteiger partial charge is 0.477 e. The predicted octanol–water partition coefficient (Wildman–Crippen LogP) is 3.41. The van der Waals surface area contributed by atoms with Gasteiger partial charge in [0.1, 0.15) is 10.7 Å². The van der Waals surface area contributed by atoms with Gasteiger partial charge in [-0.3, -0.25) is 0 Å². The molecule has 2 rings (SSSR count). The number of carboxylic acids is 1. The molecule has 17 heavy (non-hydrogen) atoms. The van der Waals surface area contributed by atoms with Gasteiger partial charge < -0.3 is 5.11 Å². The second kappa shape index (κ2) is 5.08. The maximum Gasteiger partial charge on any atom is 0.354 e. The number of thioether (sulfide) groups is 1. The number of hydrogen-bond acceptors (Lipinski definition) is 3. The van der Waals surface area contributed by atoms with E-state index in [-0.39, 0.29) is 5.69 Å². The maximum atomic E-state index is 10.9. The summed E-state index contributed by atoms with van der Waals surface area (Å²) in [4.78, 5) is 15.2. The van der Waals surface area contributed by atoms with Crippen LogP contribution in [0.25, 0.3) is 0 Å². The maximum absolute atomic E-state index is 10.9. The fourth-order valence-electron chi connectivity index (χ4n) is 1.64. The fraction of sp³-hybridized carbons (Fsp3) is 0.538. The molecule has 3 nitrogen and oxygen atoms in total. The van der Waals surface area contributed by atoms with Gasteiger partial charge in [0.15, 0.2) is 0 Å². The average molecular weight is 251 g/mol. The highest BCUT2D eigenvalue weighted by molar-refractivity contribution is 7.99. The molecule has 1 aliphatic rings. The third kappa shape index (κ3) is 3.22. The average Bonchev–Trinajstić information content (AvgIpc) is 3.09. The molecule has 0 aromatic carbocycles. The summed E-state index contributed by atoms with van der Waals surface area (Å²) < 4.78 is 0. The second-order valence-electron chi connectivity index (χ2n) is 4.88. The molecule has 0 radical (unpaired) electrons. The van der Waals surface area contributed by atoms with Crippen LogP contribution < -0.4 is 0 Å². The van der Waals surface area contributed by atoms with E-state index in [0.29, 0.717) is 11.8 Å². The van der Waals surface area contributed by atoms with Crippen LogP contribution in [0.5, 0.6) is 0 Å². The Kier molecular flexibility index (Phi) is 3.72. The van der Waals surface area contributed by atoms with Gasteiger partial charge in [-0.05, 0) is 36.3 Å². The Morgan fingerprint density at radius 1 is 1.53 bits per heavy atom. The number of hydrogen-bond donors (Lipinski definition) is 1. The van der Waals surface area contributed by atoms with Gasteiger partial charge in [-0.2, -0.15) is 0 Å². The molecule has 92 valence electrons. The number of carboxylic acid groups (broad SMARTS) is 1. The van der Waals surface area contributed by atoms with E-state index < -0.39 is 5.97 Å². The lowest BCUT2D eigenvalue weighted by atomic mass is 10.2. The quantitative estimate of drug-likeness (QED) is 0.815. The van der Waals surface area contributed by atoms with Crippen molar-refractivity contribution in [1.29, 1.82) is 0 Å². The lowest BCUT2D eigenvalue weighted by molar-refractivity contribution is 0.0689. The monoisotopic (exact) mass is 251 g/mol. The standard InChI is InChI=1S/C13H17NO2S/c1-8(2)7-17-12-10(9-3-4-9)5-6-11(14-12)13(15)16/h5-6,8-9H,3-4,7H2,1-2H3,(H,15,16). The van der Waals surface area contributed by atoms with E-state index in [4.69, 9.17) is 5.11 Å². The van der Waals surface area contributed by atoms with Crippen molar-refractivity contribution in [2.45, 2.75) is 37.6 Å². The fourth-order valence-corrected chi connectivity index (χ4v) is 2.69. The Labute approximate surface area is 106 Å². The summed E-state index contributed by atoms with van der Waals surface area (Å²) in [5, 5.41) is 9.88. The van der Waals surface area contributed by atoms with E-state index in [0.717, 1.165) is 10.8 Å². The zero-order valence-corrected chi connectivity index (χ0v) is 11.0. The zero-order valence-electron chi connectivity index (χ0n) is 10.1. The van der Waals surface area contributed by atoms with Gasteiger partial charge in [-0.15, -0.1) is 11.8 Å². The van der Waals surface area contributed by atoms with Gasteiger partial charge in [-0.25, -0.2) is 9.78 Å². The number of nitrogens with zero attached hydrogens (tertiary/aromatic N) is 1. The van der Waals surface area contributed by atoms with Crippen LogP contribution in [-0.2, 0) is 0 Å². The molecule has 1 saturated carbocycles. The number of aromatic nitrogens is 1. The molecular weight excluding hydrogens is 234 g/mol. The molecule has 0 aliphatic heterocycles.